The van der Waals surface area contributed by atoms with Gasteiger partial charge in [-0.3, -0.25) is 4.31 Å². The Morgan fingerprint density at radius 3 is 2.81 bits per heavy atom. The summed E-state index contributed by atoms with van der Waals surface area (Å²) < 4.78 is 30.3. The summed E-state index contributed by atoms with van der Waals surface area (Å²) >= 11 is 0. The van der Waals surface area contributed by atoms with Gasteiger partial charge in [0, 0.05) is 19.7 Å². The van der Waals surface area contributed by atoms with E-state index >= 15 is 0 Å². The molecule has 0 radical (unpaired) electrons. The van der Waals surface area contributed by atoms with Gasteiger partial charge in [0.1, 0.15) is 0 Å². The Morgan fingerprint density at radius 2 is 2.14 bits per heavy atom. The van der Waals surface area contributed by atoms with Crippen LogP contribution in [0.1, 0.15) is 18.1 Å². The second kappa shape index (κ2) is 6.77. The standard InChI is InChI=1S/C15H24N2O3S/c1-12-10-14-11-13(6-7-16-8-9-20-2)4-5-15(14)17(12)21(3,18)19/h4-5,11-12,16H,6-10H2,1-3H3. The number of sulfonamides is 1. The number of hydrogen-bond donors (Lipinski definition) is 1. The largest absolute Gasteiger partial charge is 0.383 e. The average Bonchev–Trinajstić information content (AvgIpc) is 2.73. The molecule has 2 rings (SSSR count). The highest BCUT2D eigenvalue weighted by atomic mass is 32.2. The molecule has 0 aliphatic carbocycles. The Bertz CT molecular complexity index is 587. The van der Waals surface area contributed by atoms with Gasteiger partial charge in [0.25, 0.3) is 0 Å². The first-order valence-corrected chi connectivity index (χ1v) is 9.09. The van der Waals surface area contributed by atoms with Crippen LogP contribution in [0.25, 0.3) is 0 Å². The number of methoxy groups -OCH3 is 1. The zero-order chi connectivity index (χ0) is 15.5. The molecule has 1 heterocycles. The maximum Gasteiger partial charge on any atom is 0.232 e. The lowest BCUT2D eigenvalue weighted by molar-refractivity contribution is 0.199. The first kappa shape index (κ1) is 16.3. The molecule has 118 valence electrons. The lowest BCUT2D eigenvalue weighted by Gasteiger charge is -2.22. The Labute approximate surface area is 127 Å². The fourth-order valence-corrected chi connectivity index (χ4v) is 4.11. The molecule has 1 aromatic rings. The Kier molecular flexibility index (Phi) is 5.24. The van der Waals surface area contributed by atoms with Gasteiger partial charge in [-0.05, 0) is 43.5 Å². The molecule has 1 atom stereocenters. The second-order valence-electron chi connectivity index (χ2n) is 5.57. The molecular formula is C15H24N2O3S. The average molecular weight is 312 g/mol. The number of nitrogens with zero attached hydrogens (tertiary/aromatic N) is 1. The van der Waals surface area contributed by atoms with Gasteiger partial charge in [0.2, 0.25) is 10.0 Å². The van der Waals surface area contributed by atoms with Gasteiger partial charge in [-0.1, -0.05) is 12.1 Å². The Balaban J connectivity index is 2.03. The molecule has 1 aromatic carbocycles. The molecule has 1 aliphatic heterocycles. The third kappa shape index (κ3) is 3.96. The summed E-state index contributed by atoms with van der Waals surface area (Å²) in [5, 5.41) is 3.31. The maximum absolute atomic E-state index is 11.9. The lowest BCUT2D eigenvalue weighted by atomic mass is 10.0. The van der Waals surface area contributed by atoms with Gasteiger partial charge >= 0.3 is 0 Å². The number of rotatable bonds is 7. The van der Waals surface area contributed by atoms with E-state index in [9.17, 15) is 8.42 Å². The van der Waals surface area contributed by atoms with Crippen molar-refractivity contribution in [3.05, 3.63) is 29.3 Å². The van der Waals surface area contributed by atoms with Crippen molar-refractivity contribution >= 4 is 15.7 Å². The minimum atomic E-state index is -3.20. The molecule has 0 aromatic heterocycles. The highest BCUT2D eigenvalue weighted by Gasteiger charge is 2.32. The summed E-state index contributed by atoms with van der Waals surface area (Å²) in [4.78, 5) is 0. The monoisotopic (exact) mass is 312 g/mol. The summed E-state index contributed by atoms with van der Waals surface area (Å²) in [6.45, 7) is 4.41. The fraction of sp³-hybridized carbons (Fsp3) is 0.600. The predicted molar refractivity (Wildman–Crippen MR) is 85.4 cm³/mol. The third-order valence-corrected chi connectivity index (χ3v) is 5.00. The van der Waals surface area contributed by atoms with Crippen molar-refractivity contribution in [3.63, 3.8) is 0 Å². The minimum absolute atomic E-state index is 0.00470. The van der Waals surface area contributed by atoms with E-state index in [4.69, 9.17) is 4.74 Å². The number of anilines is 1. The smallest absolute Gasteiger partial charge is 0.232 e. The lowest BCUT2D eigenvalue weighted by Crippen LogP contribution is -2.34. The van der Waals surface area contributed by atoms with E-state index in [0.717, 1.165) is 37.2 Å². The summed E-state index contributed by atoms with van der Waals surface area (Å²) in [7, 11) is -1.51. The predicted octanol–water partition coefficient (Wildman–Crippen LogP) is 1.18. The maximum atomic E-state index is 11.9. The molecule has 21 heavy (non-hydrogen) atoms. The van der Waals surface area contributed by atoms with Crippen molar-refractivity contribution in [3.8, 4) is 0 Å². The SMILES string of the molecule is COCCNCCc1ccc2c(c1)CC(C)N2S(C)(=O)=O. The van der Waals surface area contributed by atoms with Crippen molar-refractivity contribution in [1.82, 2.24) is 5.32 Å². The topological polar surface area (TPSA) is 58.6 Å². The van der Waals surface area contributed by atoms with Crippen LogP contribution in [0.2, 0.25) is 0 Å². The van der Waals surface area contributed by atoms with Crippen LogP contribution >= 0.6 is 0 Å². The summed E-state index contributed by atoms with van der Waals surface area (Å²) in [6, 6.07) is 6.09. The second-order valence-corrected chi connectivity index (χ2v) is 7.43. The Hall–Kier alpha value is -1.11. The molecule has 1 aliphatic rings. The fourth-order valence-electron chi connectivity index (χ4n) is 2.85. The molecule has 1 unspecified atom stereocenters. The Morgan fingerprint density at radius 1 is 1.38 bits per heavy atom. The van der Waals surface area contributed by atoms with Gasteiger partial charge in [-0.2, -0.15) is 0 Å². The quantitative estimate of drug-likeness (QED) is 0.768. The third-order valence-electron chi connectivity index (χ3n) is 3.73. The summed E-state index contributed by atoms with van der Waals surface area (Å²) in [5.41, 5.74) is 3.20. The molecule has 0 saturated carbocycles. The van der Waals surface area contributed by atoms with Crippen LogP contribution in [-0.2, 0) is 27.6 Å². The van der Waals surface area contributed by atoms with Gasteiger partial charge in [0.15, 0.2) is 0 Å². The van der Waals surface area contributed by atoms with E-state index in [1.165, 1.54) is 16.1 Å². The molecule has 0 fully saturated rings. The van der Waals surface area contributed by atoms with E-state index in [1.807, 2.05) is 19.1 Å². The van der Waals surface area contributed by atoms with E-state index < -0.39 is 10.0 Å². The highest BCUT2D eigenvalue weighted by molar-refractivity contribution is 7.92. The summed E-state index contributed by atoms with van der Waals surface area (Å²) in [6.07, 6.45) is 2.99. The molecule has 0 bridgehead atoms. The van der Waals surface area contributed by atoms with Crippen molar-refractivity contribution in [2.24, 2.45) is 0 Å². The molecular weight excluding hydrogens is 288 g/mol. The molecule has 0 saturated heterocycles. The van der Waals surface area contributed by atoms with Crippen LogP contribution < -0.4 is 9.62 Å². The molecule has 6 heteroatoms. The van der Waals surface area contributed by atoms with E-state index in [2.05, 4.69) is 11.4 Å². The van der Waals surface area contributed by atoms with Gasteiger partial charge in [-0.25, -0.2) is 8.42 Å². The van der Waals surface area contributed by atoms with Gasteiger partial charge in [-0.15, -0.1) is 0 Å². The van der Waals surface area contributed by atoms with Crippen LogP contribution in [-0.4, -0.2) is 47.5 Å². The van der Waals surface area contributed by atoms with E-state index in [1.54, 1.807) is 7.11 Å². The number of nitrogens with one attached hydrogen (secondary N) is 1. The van der Waals surface area contributed by atoms with Crippen molar-refractivity contribution in [2.75, 3.05) is 37.4 Å². The van der Waals surface area contributed by atoms with Crippen LogP contribution in [0.15, 0.2) is 18.2 Å². The molecule has 1 N–H and O–H groups in total. The first-order valence-electron chi connectivity index (χ1n) is 7.24. The molecule has 5 nitrogen and oxygen atoms in total. The zero-order valence-corrected chi connectivity index (χ0v) is 13.7. The van der Waals surface area contributed by atoms with Crippen LogP contribution in [0.3, 0.4) is 0 Å². The number of benzene rings is 1. The number of fused-ring (bicyclic) bond motifs is 1. The minimum Gasteiger partial charge on any atom is -0.383 e. The number of ether oxygens (including phenoxy) is 1. The van der Waals surface area contributed by atoms with Crippen LogP contribution in [0.5, 0.6) is 0 Å². The van der Waals surface area contributed by atoms with Gasteiger partial charge in [0.05, 0.1) is 18.6 Å². The van der Waals surface area contributed by atoms with Crippen molar-refractivity contribution in [2.45, 2.75) is 25.8 Å². The molecule has 0 spiro atoms. The normalized spacial score (nSPS) is 18.0. The van der Waals surface area contributed by atoms with E-state index in [0.29, 0.717) is 6.61 Å². The first-order chi connectivity index (χ1) is 9.93. The zero-order valence-electron chi connectivity index (χ0n) is 12.9. The van der Waals surface area contributed by atoms with Gasteiger partial charge < -0.3 is 10.1 Å². The highest BCUT2D eigenvalue weighted by Crippen LogP contribution is 2.34. The van der Waals surface area contributed by atoms with Crippen molar-refractivity contribution in [1.29, 1.82) is 0 Å². The van der Waals surface area contributed by atoms with E-state index in [-0.39, 0.29) is 6.04 Å². The van der Waals surface area contributed by atoms with Crippen LogP contribution in [0.4, 0.5) is 5.69 Å². The number of hydrogen-bond acceptors (Lipinski definition) is 4. The summed E-state index contributed by atoms with van der Waals surface area (Å²) in [5.74, 6) is 0. The van der Waals surface area contributed by atoms with Crippen LogP contribution in [0, 0.1) is 0 Å². The molecule has 0 amide bonds. The van der Waals surface area contributed by atoms with Crippen molar-refractivity contribution < 1.29 is 13.2 Å².